The first-order valence-electron chi connectivity index (χ1n) is 6.40. The highest BCUT2D eigenvalue weighted by atomic mass is 19.1. The van der Waals surface area contributed by atoms with Gasteiger partial charge in [-0.1, -0.05) is 6.07 Å². The van der Waals surface area contributed by atoms with Crippen molar-refractivity contribution < 1.29 is 18.6 Å². The SMILES string of the molecule is COCCOCCCOc1cccc(F)c1C(C)N. The van der Waals surface area contributed by atoms with Crippen LogP contribution in [-0.4, -0.2) is 33.5 Å². The Bertz CT molecular complexity index is 372. The maximum absolute atomic E-state index is 13.6. The Morgan fingerprint density at radius 1 is 1.21 bits per heavy atom. The second-order valence-electron chi connectivity index (χ2n) is 4.25. The normalized spacial score (nSPS) is 12.4. The van der Waals surface area contributed by atoms with Crippen molar-refractivity contribution in [3.8, 4) is 5.75 Å². The Kier molecular flexibility index (Phi) is 7.40. The molecule has 0 aliphatic rings. The second-order valence-corrected chi connectivity index (χ2v) is 4.25. The molecule has 5 heteroatoms. The maximum Gasteiger partial charge on any atom is 0.131 e. The van der Waals surface area contributed by atoms with Gasteiger partial charge in [-0.15, -0.1) is 0 Å². The fourth-order valence-electron chi connectivity index (χ4n) is 1.67. The number of hydrogen-bond donors (Lipinski definition) is 1. The third-order valence-corrected chi connectivity index (χ3v) is 2.59. The highest BCUT2D eigenvalue weighted by molar-refractivity contribution is 5.36. The molecular weight excluding hydrogens is 249 g/mol. The molecule has 0 bridgehead atoms. The van der Waals surface area contributed by atoms with Gasteiger partial charge in [0.25, 0.3) is 0 Å². The van der Waals surface area contributed by atoms with E-state index >= 15 is 0 Å². The van der Waals surface area contributed by atoms with E-state index in [4.69, 9.17) is 19.9 Å². The van der Waals surface area contributed by atoms with Crippen molar-refractivity contribution in [3.05, 3.63) is 29.6 Å². The maximum atomic E-state index is 13.6. The van der Waals surface area contributed by atoms with Crippen LogP contribution in [0.1, 0.15) is 24.9 Å². The number of nitrogens with two attached hydrogens (primary N) is 1. The fraction of sp³-hybridized carbons (Fsp3) is 0.571. The van der Waals surface area contributed by atoms with Gasteiger partial charge in [-0.05, 0) is 19.1 Å². The molecule has 1 aromatic carbocycles. The van der Waals surface area contributed by atoms with Gasteiger partial charge >= 0.3 is 0 Å². The number of halogens is 1. The Balaban J connectivity index is 2.35. The topological polar surface area (TPSA) is 53.7 Å². The molecule has 0 aromatic heterocycles. The Morgan fingerprint density at radius 2 is 2.00 bits per heavy atom. The lowest BCUT2D eigenvalue weighted by Crippen LogP contribution is -2.12. The van der Waals surface area contributed by atoms with Crippen molar-refractivity contribution in [1.29, 1.82) is 0 Å². The van der Waals surface area contributed by atoms with Gasteiger partial charge in [0.05, 0.1) is 19.8 Å². The van der Waals surface area contributed by atoms with Crippen molar-refractivity contribution in [2.24, 2.45) is 5.73 Å². The van der Waals surface area contributed by atoms with Crippen molar-refractivity contribution >= 4 is 0 Å². The molecule has 0 fully saturated rings. The van der Waals surface area contributed by atoms with E-state index in [-0.39, 0.29) is 5.82 Å². The third-order valence-electron chi connectivity index (χ3n) is 2.59. The van der Waals surface area contributed by atoms with Gasteiger partial charge in [0, 0.05) is 31.7 Å². The van der Waals surface area contributed by atoms with Crippen LogP contribution in [0.5, 0.6) is 5.75 Å². The largest absolute Gasteiger partial charge is 0.493 e. The van der Waals surface area contributed by atoms with Gasteiger partial charge in [-0.3, -0.25) is 0 Å². The number of ether oxygens (including phenoxy) is 3. The molecule has 2 N–H and O–H groups in total. The smallest absolute Gasteiger partial charge is 0.131 e. The van der Waals surface area contributed by atoms with E-state index < -0.39 is 6.04 Å². The van der Waals surface area contributed by atoms with Gasteiger partial charge in [0.15, 0.2) is 0 Å². The quantitative estimate of drug-likeness (QED) is 0.700. The lowest BCUT2D eigenvalue weighted by atomic mass is 10.1. The van der Waals surface area contributed by atoms with Crippen LogP contribution in [0.15, 0.2) is 18.2 Å². The molecular formula is C14H22FNO3. The molecule has 0 aliphatic heterocycles. The first-order chi connectivity index (χ1) is 9.16. The van der Waals surface area contributed by atoms with Gasteiger partial charge in [0.2, 0.25) is 0 Å². The summed E-state index contributed by atoms with van der Waals surface area (Å²) in [5, 5.41) is 0. The monoisotopic (exact) mass is 271 g/mol. The Labute approximate surface area is 113 Å². The second kappa shape index (κ2) is 8.85. The highest BCUT2D eigenvalue weighted by Crippen LogP contribution is 2.26. The minimum absolute atomic E-state index is 0.330. The van der Waals surface area contributed by atoms with Gasteiger partial charge in [-0.2, -0.15) is 0 Å². The first-order valence-corrected chi connectivity index (χ1v) is 6.40. The van der Waals surface area contributed by atoms with Crippen molar-refractivity contribution in [2.75, 3.05) is 33.5 Å². The summed E-state index contributed by atoms with van der Waals surface area (Å²) in [7, 11) is 1.63. The lowest BCUT2D eigenvalue weighted by molar-refractivity contribution is 0.0643. The highest BCUT2D eigenvalue weighted by Gasteiger charge is 2.13. The summed E-state index contributed by atoms with van der Waals surface area (Å²) >= 11 is 0. The average molecular weight is 271 g/mol. The third kappa shape index (κ3) is 5.55. The van der Waals surface area contributed by atoms with Gasteiger partial charge in [-0.25, -0.2) is 4.39 Å². The van der Waals surface area contributed by atoms with Crippen LogP contribution in [-0.2, 0) is 9.47 Å². The zero-order chi connectivity index (χ0) is 14.1. The summed E-state index contributed by atoms with van der Waals surface area (Å²) in [5.74, 6) is 0.177. The molecule has 1 aromatic rings. The van der Waals surface area contributed by atoms with Crippen molar-refractivity contribution in [2.45, 2.75) is 19.4 Å². The fourth-order valence-corrected chi connectivity index (χ4v) is 1.67. The molecule has 0 radical (unpaired) electrons. The average Bonchev–Trinajstić information content (AvgIpc) is 2.37. The summed E-state index contributed by atoms with van der Waals surface area (Å²) < 4.78 is 29.3. The molecule has 1 atom stereocenters. The summed E-state index contributed by atoms with van der Waals surface area (Å²) in [6, 6.07) is 4.34. The molecule has 1 unspecified atom stereocenters. The summed E-state index contributed by atoms with van der Waals surface area (Å²) in [6.07, 6.45) is 0.735. The van der Waals surface area contributed by atoms with Crippen molar-refractivity contribution in [1.82, 2.24) is 0 Å². The molecule has 108 valence electrons. The molecule has 0 heterocycles. The van der Waals surface area contributed by atoms with Crippen LogP contribution in [0.4, 0.5) is 4.39 Å². The Hall–Kier alpha value is -1.17. The minimum Gasteiger partial charge on any atom is -0.493 e. The van der Waals surface area contributed by atoms with E-state index in [0.29, 0.717) is 37.7 Å². The van der Waals surface area contributed by atoms with Gasteiger partial charge in [0.1, 0.15) is 11.6 Å². The zero-order valence-corrected chi connectivity index (χ0v) is 11.5. The van der Waals surface area contributed by atoms with E-state index in [1.165, 1.54) is 6.07 Å². The molecule has 0 spiro atoms. The summed E-state index contributed by atoms with van der Waals surface area (Å²) in [6.45, 7) is 3.95. The van der Waals surface area contributed by atoms with E-state index in [0.717, 1.165) is 6.42 Å². The molecule has 0 aliphatic carbocycles. The van der Waals surface area contributed by atoms with E-state index in [9.17, 15) is 4.39 Å². The molecule has 19 heavy (non-hydrogen) atoms. The lowest BCUT2D eigenvalue weighted by Gasteiger charge is -2.14. The number of benzene rings is 1. The minimum atomic E-state index is -0.394. The van der Waals surface area contributed by atoms with Crippen LogP contribution in [0.3, 0.4) is 0 Å². The van der Waals surface area contributed by atoms with Crippen LogP contribution >= 0.6 is 0 Å². The van der Waals surface area contributed by atoms with E-state index in [1.54, 1.807) is 26.2 Å². The summed E-state index contributed by atoms with van der Waals surface area (Å²) in [4.78, 5) is 0. The standard InChI is InChI=1S/C14H22FNO3/c1-11(16)14-12(15)5-3-6-13(14)19-8-4-7-18-10-9-17-2/h3,5-6,11H,4,7-10,16H2,1-2H3. The number of methoxy groups -OCH3 is 1. The molecule has 0 saturated heterocycles. The predicted molar refractivity (Wildman–Crippen MR) is 71.8 cm³/mol. The first kappa shape index (κ1) is 15.9. The molecule has 1 rings (SSSR count). The van der Waals surface area contributed by atoms with Crippen LogP contribution in [0, 0.1) is 5.82 Å². The van der Waals surface area contributed by atoms with Gasteiger partial charge < -0.3 is 19.9 Å². The van der Waals surface area contributed by atoms with Crippen LogP contribution < -0.4 is 10.5 Å². The number of rotatable bonds is 9. The van der Waals surface area contributed by atoms with Crippen LogP contribution in [0.25, 0.3) is 0 Å². The Morgan fingerprint density at radius 3 is 2.68 bits per heavy atom. The molecule has 0 saturated carbocycles. The number of hydrogen-bond acceptors (Lipinski definition) is 4. The van der Waals surface area contributed by atoms with E-state index in [2.05, 4.69) is 0 Å². The molecule has 4 nitrogen and oxygen atoms in total. The zero-order valence-electron chi connectivity index (χ0n) is 11.5. The van der Waals surface area contributed by atoms with Crippen molar-refractivity contribution in [3.63, 3.8) is 0 Å². The van der Waals surface area contributed by atoms with E-state index in [1.807, 2.05) is 0 Å². The predicted octanol–water partition coefficient (Wildman–Crippen LogP) is 2.28. The summed E-state index contributed by atoms with van der Waals surface area (Å²) in [5.41, 5.74) is 6.16. The molecule has 0 amide bonds. The van der Waals surface area contributed by atoms with Crippen LogP contribution in [0.2, 0.25) is 0 Å².